The monoisotopic (exact) mass is 239 g/mol. The van der Waals surface area contributed by atoms with Crippen molar-refractivity contribution < 1.29 is 0 Å². The molecule has 0 amide bonds. The summed E-state index contributed by atoms with van der Waals surface area (Å²) in [7, 11) is -1.10. The molecule has 0 N–H and O–H groups in total. The van der Waals surface area contributed by atoms with E-state index in [1.165, 1.54) is 57.8 Å². The molecule has 16 heavy (non-hydrogen) atoms. The maximum atomic E-state index is 2.73. The smallest absolute Gasteiger partial charge is 0.0857 e. The highest BCUT2D eigenvalue weighted by Gasteiger charge is 2.20. The van der Waals surface area contributed by atoms with Crippen molar-refractivity contribution in [1.82, 2.24) is 4.90 Å². The van der Waals surface area contributed by atoms with Crippen molar-refractivity contribution in [2.24, 2.45) is 0 Å². The van der Waals surface area contributed by atoms with Gasteiger partial charge in [-0.3, -0.25) is 0 Å². The van der Waals surface area contributed by atoms with Gasteiger partial charge in [-0.15, -0.1) is 0 Å². The minimum absolute atomic E-state index is 1.10. The summed E-state index contributed by atoms with van der Waals surface area (Å²) in [5.74, 6) is 0. The molecule has 0 unspecified atom stereocenters. The summed E-state index contributed by atoms with van der Waals surface area (Å²) < 4.78 is 0. The Labute approximate surface area is 103 Å². The molecule has 1 nitrogen and oxygen atoms in total. The van der Waals surface area contributed by atoms with Gasteiger partial charge in [-0.25, -0.2) is 0 Å². The quantitative estimate of drug-likeness (QED) is 0.673. The highest BCUT2D eigenvalue weighted by molar-refractivity contribution is 6.82. The SMILES string of the molecule is CC=C[Si](C)(C)CN1CCCCCCCC1. The lowest BCUT2D eigenvalue weighted by Gasteiger charge is -2.29. The third-order valence-electron chi connectivity index (χ3n) is 3.45. The van der Waals surface area contributed by atoms with E-state index in [9.17, 15) is 0 Å². The zero-order valence-electron chi connectivity index (χ0n) is 11.5. The first-order chi connectivity index (χ1) is 7.64. The first kappa shape index (κ1) is 14.0. The van der Waals surface area contributed by atoms with Crippen LogP contribution in [0.4, 0.5) is 0 Å². The lowest BCUT2D eigenvalue weighted by atomic mass is 10.1. The second-order valence-electron chi connectivity index (χ2n) is 5.89. The molecular formula is C14H29NSi. The summed E-state index contributed by atoms with van der Waals surface area (Å²) in [6.07, 6.45) is 12.3. The maximum absolute atomic E-state index is 2.73. The van der Waals surface area contributed by atoms with Crippen LogP contribution in [0.25, 0.3) is 0 Å². The van der Waals surface area contributed by atoms with E-state index in [0.29, 0.717) is 0 Å². The fourth-order valence-electron chi connectivity index (χ4n) is 2.73. The molecule has 0 saturated carbocycles. The first-order valence-electron chi connectivity index (χ1n) is 7.00. The molecular weight excluding hydrogens is 210 g/mol. The molecule has 1 saturated heterocycles. The van der Waals surface area contributed by atoms with Gasteiger partial charge in [0.2, 0.25) is 0 Å². The molecule has 0 atom stereocenters. The number of nitrogens with zero attached hydrogens (tertiary/aromatic N) is 1. The largest absolute Gasteiger partial charge is 0.306 e. The standard InChI is InChI=1S/C14H29NSi/c1-4-13-16(2,3)14-15-11-9-7-5-6-8-10-12-15/h4,13H,5-12,14H2,1-3H3. The topological polar surface area (TPSA) is 3.24 Å². The van der Waals surface area contributed by atoms with Gasteiger partial charge < -0.3 is 4.90 Å². The van der Waals surface area contributed by atoms with Crippen LogP contribution in [-0.4, -0.2) is 32.2 Å². The van der Waals surface area contributed by atoms with E-state index in [0.717, 1.165) is 0 Å². The fourth-order valence-corrected chi connectivity index (χ4v) is 5.20. The molecule has 1 aliphatic rings. The number of rotatable bonds is 3. The molecule has 1 aliphatic heterocycles. The lowest BCUT2D eigenvalue weighted by molar-refractivity contribution is 0.306. The molecule has 1 rings (SSSR count). The molecule has 1 heterocycles. The van der Waals surface area contributed by atoms with Crippen molar-refractivity contribution in [3.8, 4) is 0 Å². The highest BCUT2D eigenvalue weighted by atomic mass is 28.3. The minimum atomic E-state index is -1.10. The summed E-state index contributed by atoms with van der Waals surface area (Å²) in [6, 6.07) is 0. The molecule has 0 radical (unpaired) electrons. The van der Waals surface area contributed by atoms with Crippen LogP contribution < -0.4 is 0 Å². The predicted molar refractivity (Wildman–Crippen MR) is 76.4 cm³/mol. The Kier molecular flexibility index (Phi) is 6.36. The molecule has 0 aliphatic carbocycles. The Morgan fingerprint density at radius 2 is 1.44 bits per heavy atom. The number of allylic oxidation sites excluding steroid dienone is 1. The van der Waals surface area contributed by atoms with Gasteiger partial charge in [-0.1, -0.05) is 50.6 Å². The Morgan fingerprint density at radius 3 is 1.94 bits per heavy atom. The molecule has 0 spiro atoms. The second kappa shape index (κ2) is 7.28. The van der Waals surface area contributed by atoms with Gasteiger partial charge in [-0.2, -0.15) is 0 Å². The molecule has 0 aromatic heterocycles. The van der Waals surface area contributed by atoms with Crippen molar-refractivity contribution in [2.45, 2.75) is 58.5 Å². The van der Waals surface area contributed by atoms with Gasteiger partial charge in [0.15, 0.2) is 0 Å². The Balaban J connectivity index is 2.42. The summed E-state index contributed by atoms with van der Waals surface area (Å²) in [6.45, 7) is 9.81. The van der Waals surface area contributed by atoms with Gasteiger partial charge in [0.25, 0.3) is 0 Å². The molecule has 0 aromatic carbocycles. The van der Waals surface area contributed by atoms with Crippen molar-refractivity contribution in [1.29, 1.82) is 0 Å². The zero-order chi connectivity index (χ0) is 11.9. The van der Waals surface area contributed by atoms with Crippen LogP contribution in [0.5, 0.6) is 0 Å². The van der Waals surface area contributed by atoms with Gasteiger partial charge in [0.05, 0.1) is 8.07 Å². The molecule has 2 heteroatoms. The van der Waals surface area contributed by atoms with Crippen LogP contribution in [0.15, 0.2) is 11.8 Å². The van der Waals surface area contributed by atoms with Crippen molar-refractivity contribution in [3.63, 3.8) is 0 Å². The Bertz CT molecular complexity index is 201. The van der Waals surface area contributed by atoms with E-state index < -0.39 is 8.07 Å². The number of hydrogen-bond acceptors (Lipinski definition) is 1. The second-order valence-corrected chi connectivity index (χ2v) is 10.5. The molecule has 1 fully saturated rings. The van der Waals surface area contributed by atoms with Crippen LogP contribution in [0.3, 0.4) is 0 Å². The molecule has 0 bridgehead atoms. The van der Waals surface area contributed by atoms with E-state index in [1.54, 1.807) is 0 Å². The average Bonchev–Trinajstić information content (AvgIpc) is 2.31. The molecule has 0 aromatic rings. The fraction of sp³-hybridized carbons (Fsp3) is 0.857. The van der Waals surface area contributed by atoms with Gasteiger partial charge in [0.1, 0.15) is 0 Å². The van der Waals surface area contributed by atoms with Crippen LogP contribution in [0.1, 0.15) is 45.4 Å². The lowest BCUT2D eigenvalue weighted by Crippen LogP contribution is -2.42. The van der Waals surface area contributed by atoms with Crippen LogP contribution in [0, 0.1) is 0 Å². The third kappa shape index (κ3) is 5.85. The van der Waals surface area contributed by atoms with Gasteiger partial charge >= 0.3 is 0 Å². The highest BCUT2D eigenvalue weighted by Crippen LogP contribution is 2.14. The summed E-state index contributed by atoms with van der Waals surface area (Å²) >= 11 is 0. The predicted octanol–water partition coefficient (Wildman–Crippen LogP) is 4.01. The van der Waals surface area contributed by atoms with Crippen molar-refractivity contribution in [2.75, 3.05) is 19.3 Å². The number of hydrogen-bond donors (Lipinski definition) is 0. The van der Waals surface area contributed by atoms with Crippen LogP contribution in [-0.2, 0) is 0 Å². The van der Waals surface area contributed by atoms with Crippen LogP contribution in [0.2, 0.25) is 13.1 Å². The third-order valence-corrected chi connectivity index (χ3v) is 5.95. The summed E-state index contributed by atoms with van der Waals surface area (Å²) in [4.78, 5) is 2.73. The normalized spacial score (nSPS) is 21.7. The van der Waals surface area contributed by atoms with E-state index in [-0.39, 0.29) is 0 Å². The van der Waals surface area contributed by atoms with Crippen molar-refractivity contribution in [3.05, 3.63) is 11.8 Å². The summed E-state index contributed by atoms with van der Waals surface area (Å²) in [5.41, 5.74) is 2.49. The van der Waals surface area contributed by atoms with Crippen LogP contribution >= 0.6 is 0 Å². The van der Waals surface area contributed by atoms with E-state index in [2.05, 4.69) is 36.7 Å². The molecule has 94 valence electrons. The van der Waals surface area contributed by atoms with Crippen molar-refractivity contribution >= 4 is 8.07 Å². The van der Waals surface area contributed by atoms with E-state index in [4.69, 9.17) is 0 Å². The van der Waals surface area contributed by atoms with Gasteiger partial charge in [-0.05, 0) is 39.0 Å². The summed E-state index contributed by atoms with van der Waals surface area (Å²) in [5, 5.41) is 0. The zero-order valence-corrected chi connectivity index (χ0v) is 12.5. The minimum Gasteiger partial charge on any atom is -0.306 e. The maximum Gasteiger partial charge on any atom is 0.0857 e. The van der Waals surface area contributed by atoms with Gasteiger partial charge in [0, 0.05) is 0 Å². The Hall–Kier alpha value is -0.0831. The Morgan fingerprint density at radius 1 is 0.938 bits per heavy atom. The van der Waals surface area contributed by atoms with E-state index >= 15 is 0 Å². The first-order valence-corrected chi connectivity index (χ1v) is 10.3. The average molecular weight is 239 g/mol. The van der Waals surface area contributed by atoms with E-state index in [1.807, 2.05) is 0 Å².